The fraction of sp³-hybridized carbons (Fsp3) is 0.292. The maximum absolute atomic E-state index is 14.4. The van der Waals surface area contributed by atoms with Crippen LogP contribution in [0.3, 0.4) is 0 Å². The number of aromatic nitrogens is 5. The lowest BCUT2D eigenvalue weighted by Crippen LogP contribution is -2.48. The van der Waals surface area contributed by atoms with Crippen LogP contribution in [0.1, 0.15) is 18.3 Å². The Balaban J connectivity index is 1.72. The monoisotopic (exact) mass is 501 g/mol. The van der Waals surface area contributed by atoms with Crippen molar-refractivity contribution in [2.24, 2.45) is 0 Å². The van der Waals surface area contributed by atoms with Crippen LogP contribution >= 0.6 is 0 Å². The highest BCUT2D eigenvalue weighted by Crippen LogP contribution is 2.30. The number of piperazine rings is 1. The molecule has 0 atom stereocenters. The van der Waals surface area contributed by atoms with Crippen molar-refractivity contribution in [3.05, 3.63) is 88.9 Å². The Morgan fingerprint density at radius 1 is 1.06 bits per heavy atom. The quantitative estimate of drug-likeness (QED) is 0.376. The van der Waals surface area contributed by atoms with Crippen LogP contribution in [0.5, 0.6) is 0 Å². The van der Waals surface area contributed by atoms with Crippen LogP contribution in [-0.2, 0) is 12.7 Å². The van der Waals surface area contributed by atoms with Crippen molar-refractivity contribution >= 4 is 16.9 Å². The van der Waals surface area contributed by atoms with Crippen LogP contribution in [0.4, 0.5) is 23.2 Å². The molecule has 0 bridgehead atoms. The summed E-state index contributed by atoms with van der Waals surface area (Å²) in [7, 11) is 0. The van der Waals surface area contributed by atoms with E-state index in [1.807, 2.05) is 4.90 Å². The van der Waals surface area contributed by atoms with E-state index in [2.05, 4.69) is 33.1 Å². The highest BCUT2D eigenvalue weighted by Gasteiger charge is 2.36. The Hall–Kier alpha value is -4.09. The summed E-state index contributed by atoms with van der Waals surface area (Å²) in [4.78, 5) is 32.9. The first-order chi connectivity index (χ1) is 17.1. The molecule has 12 heteroatoms. The van der Waals surface area contributed by atoms with Gasteiger partial charge in [-0.25, -0.2) is 14.4 Å². The second-order valence-corrected chi connectivity index (χ2v) is 8.19. The van der Waals surface area contributed by atoms with Crippen LogP contribution in [-0.4, -0.2) is 55.6 Å². The number of pyridine rings is 1. The number of hydrogen-bond donors (Lipinski definition) is 0. The summed E-state index contributed by atoms with van der Waals surface area (Å²) in [6, 6.07) is 1.57. The van der Waals surface area contributed by atoms with Crippen molar-refractivity contribution in [3.8, 4) is 0 Å². The van der Waals surface area contributed by atoms with Gasteiger partial charge in [0.2, 0.25) is 0 Å². The van der Waals surface area contributed by atoms with Gasteiger partial charge in [0.1, 0.15) is 17.0 Å². The van der Waals surface area contributed by atoms with E-state index >= 15 is 0 Å². The summed E-state index contributed by atoms with van der Waals surface area (Å²) in [6.07, 6.45) is 1.27. The zero-order chi connectivity index (χ0) is 26.0. The third-order valence-electron chi connectivity index (χ3n) is 5.80. The third-order valence-corrected chi connectivity index (χ3v) is 5.80. The number of anilines is 1. The Bertz CT molecular complexity index is 1410. The van der Waals surface area contributed by atoms with Gasteiger partial charge in [-0.2, -0.15) is 13.2 Å². The summed E-state index contributed by atoms with van der Waals surface area (Å²) in [5.74, 6) is -0.483. The molecule has 188 valence electrons. The van der Waals surface area contributed by atoms with E-state index in [9.17, 15) is 22.4 Å². The molecule has 3 aromatic rings. The number of hydrogen-bond acceptors (Lipinski definition) is 7. The van der Waals surface area contributed by atoms with E-state index in [0.29, 0.717) is 43.0 Å². The molecule has 1 fully saturated rings. The van der Waals surface area contributed by atoms with E-state index in [1.165, 1.54) is 12.4 Å². The molecule has 0 spiro atoms. The molecule has 1 aliphatic rings. The van der Waals surface area contributed by atoms with Gasteiger partial charge in [0.25, 0.3) is 5.56 Å². The first-order valence-electron chi connectivity index (χ1n) is 11.0. The van der Waals surface area contributed by atoms with Crippen molar-refractivity contribution in [2.45, 2.75) is 19.6 Å². The maximum Gasteiger partial charge on any atom is 0.435 e. The third kappa shape index (κ3) is 4.83. The average Bonchev–Trinajstić information content (AvgIpc) is 2.85. The molecule has 0 unspecified atom stereocenters. The zero-order valence-corrected chi connectivity index (χ0v) is 19.5. The molecule has 4 heterocycles. The molecule has 0 radical (unpaired) electrons. The minimum atomic E-state index is -4.74. The summed E-state index contributed by atoms with van der Waals surface area (Å²) in [5.41, 5.74) is -0.486. The summed E-state index contributed by atoms with van der Waals surface area (Å²) in [5, 5.41) is 0. The molecule has 0 saturated carbocycles. The van der Waals surface area contributed by atoms with E-state index in [4.69, 9.17) is 0 Å². The van der Waals surface area contributed by atoms with E-state index in [0.717, 1.165) is 23.0 Å². The Morgan fingerprint density at radius 2 is 1.69 bits per heavy atom. The fourth-order valence-electron chi connectivity index (χ4n) is 4.21. The smallest absolute Gasteiger partial charge is 0.365 e. The molecular weight excluding hydrogens is 478 g/mol. The van der Waals surface area contributed by atoms with Gasteiger partial charge in [-0.15, -0.1) is 0 Å². The van der Waals surface area contributed by atoms with Crippen LogP contribution in [0.2, 0.25) is 0 Å². The van der Waals surface area contributed by atoms with Crippen molar-refractivity contribution in [2.75, 3.05) is 31.1 Å². The van der Waals surface area contributed by atoms with E-state index in [-0.39, 0.29) is 11.3 Å². The predicted molar refractivity (Wildman–Crippen MR) is 127 cm³/mol. The van der Waals surface area contributed by atoms with Crippen LogP contribution in [0.25, 0.3) is 11.2 Å². The Labute approximate surface area is 203 Å². The SMILES string of the molecule is C=C/C(F)=C(\C(=C)C)N1CCN(c2cc3nccnc3n(Cc3nccnc3C(F)(F)F)c2=O)CC1. The lowest BCUT2D eigenvalue weighted by atomic mass is 10.1. The Kier molecular flexibility index (Phi) is 6.86. The van der Waals surface area contributed by atoms with Gasteiger partial charge < -0.3 is 9.80 Å². The van der Waals surface area contributed by atoms with Crippen molar-refractivity contribution in [3.63, 3.8) is 0 Å². The van der Waals surface area contributed by atoms with Crippen molar-refractivity contribution in [1.29, 1.82) is 0 Å². The molecule has 8 nitrogen and oxygen atoms in total. The lowest BCUT2D eigenvalue weighted by Gasteiger charge is -2.38. The minimum absolute atomic E-state index is 0.129. The largest absolute Gasteiger partial charge is 0.435 e. The van der Waals surface area contributed by atoms with Crippen LogP contribution in [0, 0.1) is 0 Å². The number of halogens is 4. The minimum Gasteiger partial charge on any atom is -0.365 e. The van der Waals surface area contributed by atoms with Gasteiger partial charge in [-0.1, -0.05) is 13.2 Å². The molecule has 1 aliphatic heterocycles. The van der Waals surface area contributed by atoms with Gasteiger partial charge >= 0.3 is 6.18 Å². The number of rotatable bonds is 6. The maximum atomic E-state index is 14.4. The molecule has 3 aromatic heterocycles. The molecule has 0 amide bonds. The highest BCUT2D eigenvalue weighted by molar-refractivity contribution is 5.75. The normalized spacial score (nSPS) is 15.1. The molecule has 4 rings (SSSR count). The highest BCUT2D eigenvalue weighted by atomic mass is 19.4. The van der Waals surface area contributed by atoms with E-state index in [1.54, 1.807) is 17.9 Å². The van der Waals surface area contributed by atoms with Gasteiger partial charge in [0.15, 0.2) is 11.3 Å². The van der Waals surface area contributed by atoms with Crippen molar-refractivity contribution in [1.82, 2.24) is 29.4 Å². The summed E-state index contributed by atoms with van der Waals surface area (Å²) in [6.45, 7) is 10.0. The van der Waals surface area contributed by atoms with E-state index < -0.39 is 35.5 Å². The topological polar surface area (TPSA) is 80.0 Å². The van der Waals surface area contributed by atoms with Crippen LogP contribution in [0.15, 0.2) is 72.0 Å². The summed E-state index contributed by atoms with van der Waals surface area (Å²) >= 11 is 0. The number of allylic oxidation sites excluding steroid dienone is 3. The number of nitrogens with zero attached hydrogens (tertiary/aromatic N) is 7. The second kappa shape index (κ2) is 9.88. The zero-order valence-electron chi connectivity index (χ0n) is 19.5. The lowest BCUT2D eigenvalue weighted by molar-refractivity contribution is -0.142. The molecule has 1 saturated heterocycles. The van der Waals surface area contributed by atoms with Gasteiger partial charge in [0.05, 0.1) is 17.9 Å². The van der Waals surface area contributed by atoms with Gasteiger partial charge in [0, 0.05) is 51.0 Å². The standard InChI is InChI=1S/C24H23F4N7O/c1-4-16(25)20(15(2)3)34-11-9-33(10-12-34)19-13-17-22(32-8-6-29-17)35(23(19)36)14-18-21(24(26,27)28)31-7-5-30-18/h4-8,13H,1-2,9-12,14H2,3H3/b20-16-. The average molecular weight is 501 g/mol. The molecule has 0 aromatic carbocycles. The number of alkyl halides is 3. The van der Waals surface area contributed by atoms with Crippen molar-refractivity contribution < 1.29 is 17.6 Å². The first kappa shape index (κ1) is 25.0. The van der Waals surface area contributed by atoms with Gasteiger partial charge in [-0.05, 0) is 24.6 Å². The molecule has 36 heavy (non-hydrogen) atoms. The first-order valence-corrected chi connectivity index (χ1v) is 11.0. The van der Waals surface area contributed by atoms with Gasteiger partial charge in [-0.3, -0.25) is 19.3 Å². The molecular formula is C24H23F4N7O. The van der Waals surface area contributed by atoms with Crippen LogP contribution < -0.4 is 10.5 Å². The fourth-order valence-corrected chi connectivity index (χ4v) is 4.21. The Morgan fingerprint density at radius 3 is 2.33 bits per heavy atom. The summed E-state index contributed by atoms with van der Waals surface area (Å²) < 4.78 is 56.0. The number of fused-ring (bicyclic) bond motifs is 1. The molecule has 0 aliphatic carbocycles. The predicted octanol–water partition coefficient (Wildman–Crippen LogP) is 3.71. The second-order valence-electron chi connectivity index (χ2n) is 8.19. The molecule has 0 N–H and O–H groups in total.